The summed E-state index contributed by atoms with van der Waals surface area (Å²) in [5.41, 5.74) is 2.97. The lowest BCUT2D eigenvalue weighted by Crippen LogP contribution is -1.98. The van der Waals surface area contributed by atoms with Crippen LogP contribution in [-0.2, 0) is 6.42 Å². The van der Waals surface area contributed by atoms with Crippen molar-refractivity contribution in [3.63, 3.8) is 0 Å². The topological polar surface area (TPSA) is 17.1 Å². The van der Waals surface area contributed by atoms with Crippen molar-refractivity contribution in [2.45, 2.75) is 20.3 Å². The molecule has 0 saturated carbocycles. The molecule has 1 aromatic rings. The van der Waals surface area contributed by atoms with Crippen LogP contribution in [-0.4, -0.2) is 4.69 Å². The smallest absolute Gasteiger partial charge is 0.228 e. The van der Waals surface area contributed by atoms with Gasteiger partial charge in [-0.15, -0.1) is 0 Å². The molecule has 0 aliphatic rings. The number of hydrogen-bond acceptors (Lipinski definition) is 1. The van der Waals surface area contributed by atoms with Gasteiger partial charge in [0.05, 0.1) is 0 Å². The second-order valence-electron chi connectivity index (χ2n) is 2.74. The Balaban J connectivity index is 3.29. The van der Waals surface area contributed by atoms with Crippen molar-refractivity contribution >= 4 is 20.6 Å². The highest BCUT2D eigenvalue weighted by molar-refractivity contribution is 9.18. The van der Waals surface area contributed by atoms with E-state index in [1.807, 2.05) is 32.0 Å². The second kappa shape index (κ2) is 3.85. The van der Waals surface area contributed by atoms with Crippen molar-refractivity contribution in [3.05, 3.63) is 34.9 Å². The monoisotopic (exact) mass is 226 g/mol. The van der Waals surface area contributed by atoms with E-state index in [4.69, 9.17) is 0 Å². The summed E-state index contributed by atoms with van der Waals surface area (Å²) >= 11 is 2.99. The van der Waals surface area contributed by atoms with E-state index >= 15 is 0 Å². The number of carbonyl (C=O) groups excluding carboxylic acids is 1. The van der Waals surface area contributed by atoms with Crippen LogP contribution < -0.4 is 0 Å². The maximum Gasteiger partial charge on any atom is 0.228 e. The van der Waals surface area contributed by atoms with Crippen LogP contribution in [0.4, 0.5) is 0 Å². The highest BCUT2D eigenvalue weighted by atomic mass is 79.9. The highest BCUT2D eigenvalue weighted by Crippen LogP contribution is 2.17. The first-order chi connectivity index (χ1) is 5.66. The third kappa shape index (κ3) is 1.75. The average Bonchev–Trinajstić information content (AvgIpc) is 2.03. The van der Waals surface area contributed by atoms with Gasteiger partial charge in [0.2, 0.25) is 4.69 Å². The van der Waals surface area contributed by atoms with Gasteiger partial charge in [0.1, 0.15) is 0 Å². The molecular weight excluding hydrogens is 216 g/mol. The quantitative estimate of drug-likeness (QED) is 0.709. The first kappa shape index (κ1) is 9.46. The van der Waals surface area contributed by atoms with Crippen LogP contribution in [0.3, 0.4) is 0 Å². The average molecular weight is 227 g/mol. The minimum atomic E-state index is -0.0162. The molecule has 0 unspecified atom stereocenters. The van der Waals surface area contributed by atoms with Crippen LogP contribution in [0, 0.1) is 6.92 Å². The zero-order valence-corrected chi connectivity index (χ0v) is 8.81. The lowest BCUT2D eigenvalue weighted by Gasteiger charge is -2.05. The summed E-state index contributed by atoms with van der Waals surface area (Å²) < 4.78 is -0.0162. The third-order valence-corrected chi connectivity index (χ3v) is 2.33. The van der Waals surface area contributed by atoms with Gasteiger partial charge in [-0.05, 0) is 40.4 Å². The summed E-state index contributed by atoms with van der Waals surface area (Å²) in [5, 5.41) is 0. The number of benzene rings is 1. The maximum atomic E-state index is 11.2. The SMILES string of the molecule is CCc1cccc(C)c1C(=O)Br. The van der Waals surface area contributed by atoms with E-state index in [0.717, 1.165) is 23.1 Å². The Bertz CT molecular complexity index is 305. The maximum absolute atomic E-state index is 11.2. The summed E-state index contributed by atoms with van der Waals surface area (Å²) in [6.07, 6.45) is 0.897. The van der Waals surface area contributed by atoms with E-state index in [1.54, 1.807) is 0 Å². The molecular formula is C10H11BrO. The molecule has 0 radical (unpaired) electrons. The molecule has 64 valence electrons. The second-order valence-corrected chi connectivity index (χ2v) is 3.46. The summed E-state index contributed by atoms with van der Waals surface area (Å²) in [5.74, 6) is 0. The number of hydrogen-bond donors (Lipinski definition) is 0. The summed E-state index contributed by atoms with van der Waals surface area (Å²) in [4.78, 5) is 11.2. The molecule has 1 aromatic carbocycles. The standard InChI is InChI=1S/C10H11BrO/c1-3-8-6-4-5-7(2)9(8)10(11)12/h4-6H,3H2,1-2H3. The first-order valence-electron chi connectivity index (χ1n) is 3.95. The van der Waals surface area contributed by atoms with Crippen molar-refractivity contribution in [2.24, 2.45) is 0 Å². The number of halogens is 1. The summed E-state index contributed by atoms with van der Waals surface area (Å²) in [6, 6.07) is 5.92. The Hall–Kier alpha value is -0.630. The van der Waals surface area contributed by atoms with Crippen LogP contribution in [0.25, 0.3) is 0 Å². The number of aryl methyl sites for hydroxylation is 2. The molecule has 0 heterocycles. The Morgan fingerprint density at radius 1 is 1.50 bits per heavy atom. The van der Waals surface area contributed by atoms with Gasteiger partial charge in [0.15, 0.2) is 0 Å². The molecule has 2 heteroatoms. The predicted octanol–water partition coefficient (Wildman–Crippen LogP) is 3.09. The van der Waals surface area contributed by atoms with Crippen LogP contribution in [0.5, 0.6) is 0 Å². The van der Waals surface area contributed by atoms with Crippen LogP contribution in [0.1, 0.15) is 28.4 Å². The summed E-state index contributed by atoms with van der Waals surface area (Å²) in [7, 11) is 0. The normalized spacial score (nSPS) is 9.92. The number of carbonyl (C=O) groups is 1. The molecule has 0 fully saturated rings. The van der Waals surface area contributed by atoms with Gasteiger partial charge in [0, 0.05) is 5.56 Å². The summed E-state index contributed by atoms with van der Waals surface area (Å²) in [6.45, 7) is 4.00. The Morgan fingerprint density at radius 3 is 2.58 bits per heavy atom. The molecule has 0 amide bonds. The van der Waals surface area contributed by atoms with Crippen LogP contribution >= 0.6 is 15.9 Å². The molecule has 0 spiro atoms. The molecule has 12 heavy (non-hydrogen) atoms. The lowest BCUT2D eigenvalue weighted by molar-refractivity contribution is 0.109. The van der Waals surface area contributed by atoms with Crippen molar-refractivity contribution in [1.82, 2.24) is 0 Å². The van der Waals surface area contributed by atoms with Crippen molar-refractivity contribution in [3.8, 4) is 0 Å². The van der Waals surface area contributed by atoms with Gasteiger partial charge in [-0.25, -0.2) is 0 Å². The lowest BCUT2D eigenvalue weighted by atomic mass is 10.0. The zero-order valence-electron chi connectivity index (χ0n) is 7.23. The van der Waals surface area contributed by atoms with E-state index in [0.29, 0.717) is 0 Å². The molecule has 0 aromatic heterocycles. The predicted molar refractivity (Wildman–Crippen MR) is 53.8 cm³/mol. The Morgan fingerprint density at radius 2 is 2.17 bits per heavy atom. The Labute approximate surface area is 80.9 Å². The van der Waals surface area contributed by atoms with Gasteiger partial charge < -0.3 is 0 Å². The molecule has 0 atom stereocenters. The van der Waals surface area contributed by atoms with Crippen LogP contribution in [0.15, 0.2) is 18.2 Å². The van der Waals surface area contributed by atoms with Crippen LogP contribution in [0.2, 0.25) is 0 Å². The third-order valence-electron chi connectivity index (χ3n) is 1.94. The van der Waals surface area contributed by atoms with Crippen molar-refractivity contribution < 1.29 is 4.79 Å². The van der Waals surface area contributed by atoms with E-state index in [-0.39, 0.29) is 4.69 Å². The molecule has 0 saturated heterocycles. The minimum Gasteiger partial charge on any atom is -0.281 e. The Kier molecular flexibility index (Phi) is 3.04. The zero-order chi connectivity index (χ0) is 9.14. The fourth-order valence-electron chi connectivity index (χ4n) is 1.30. The van der Waals surface area contributed by atoms with Gasteiger partial charge in [-0.1, -0.05) is 25.1 Å². The highest BCUT2D eigenvalue weighted by Gasteiger charge is 2.08. The molecule has 0 aliphatic carbocycles. The largest absolute Gasteiger partial charge is 0.281 e. The minimum absolute atomic E-state index is 0.0162. The van der Waals surface area contributed by atoms with Crippen molar-refractivity contribution in [1.29, 1.82) is 0 Å². The van der Waals surface area contributed by atoms with Gasteiger partial charge >= 0.3 is 0 Å². The molecule has 1 rings (SSSR count). The molecule has 0 aliphatic heterocycles. The number of rotatable bonds is 2. The molecule has 0 bridgehead atoms. The van der Waals surface area contributed by atoms with E-state index in [1.165, 1.54) is 0 Å². The first-order valence-corrected chi connectivity index (χ1v) is 4.74. The van der Waals surface area contributed by atoms with E-state index in [2.05, 4.69) is 15.9 Å². The van der Waals surface area contributed by atoms with E-state index < -0.39 is 0 Å². The molecule has 1 nitrogen and oxygen atoms in total. The fourth-order valence-corrected chi connectivity index (χ4v) is 1.87. The van der Waals surface area contributed by atoms with E-state index in [9.17, 15) is 4.79 Å². The fraction of sp³-hybridized carbons (Fsp3) is 0.300. The van der Waals surface area contributed by atoms with Crippen molar-refractivity contribution in [2.75, 3.05) is 0 Å². The van der Waals surface area contributed by atoms with Gasteiger partial charge in [0.25, 0.3) is 0 Å². The van der Waals surface area contributed by atoms with Gasteiger partial charge in [-0.3, -0.25) is 4.79 Å². The molecule has 0 N–H and O–H groups in total. The van der Waals surface area contributed by atoms with Gasteiger partial charge in [-0.2, -0.15) is 0 Å².